The van der Waals surface area contributed by atoms with Gasteiger partial charge in [-0.25, -0.2) is 9.78 Å². The molecule has 1 aliphatic rings. The van der Waals surface area contributed by atoms with E-state index in [1.54, 1.807) is 12.1 Å². The van der Waals surface area contributed by atoms with E-state index >= 15 is 0 Å². The smallest absolute Gasteiger partial charge is 0.335 e. The van der Waals surface area contributed by atoms with Crippen molar-refractivity contribution in [3.63, 3.8) is 0 Å². The third-order valence-electron chi connectivity index (χ3n) is 5.44. The fourth-order valence-corrected chi connectivity index (χ4v) is 4.53. The Morgan fingerprint density at radius 3 is 2.54 bits per heavy atom. The number of carbonyl (C=O) groups is 3. The molecule has 0 saturated heterocycles. The summed E-state index contributed by atoms with van der Waals surface area (Å²) in [6.07, 6.45) is 0. The maximum Gasteiger partial charge on any atom is 0.335 e. The Labute approximate surface area is 204 Å². The molecule has 174 valence electrons. The molecule has 0 fully saturated rings. The molecule has 1 aliphatic heterocycles. The summed E-state index contributed by atoms with van der Waals surface area (Å²) in [6, 6.07) is 21.1. The largest absolute Gasteiger partial charge is 0.482 e. The monoisotopic (exact) mass is 485 g/mol. The van der Waals surface area contributed by atoms with Gasteiger partial charge in [0, 0.05) is 22.2 Å². The number of aromatic carboxylic acids is 1. The summed E-state index contributed by atoms with van der Waals surface area (Å²) in [5, 5.41) is 14.5. The number of ether oxygens (including phenoxy) is 1. The number of carboxylic acids is 1. The summed E-state index contributed by atoms with van der Waals surface area (Å²) in [4.78, 5) is 42.5. The molecule has 3 aromatic carbocycles. The second-order valence-electron chi connectivity index (χ2n) is 7.79. The first kappa shape index (κ1) is 22.3. The first-order valence-corrected chi connectivity index (χ1v) is 11.6. The van der Waals surface area contributed by atoms with Crippen LogP contribution in [0.4, 0.5) is 11.4 Å². The van der Waals surface area contributed by atoms with E-state index in [0.717, 1.165) is 21.8 Å². The average molecular weight is 486 g/mol. The number of carbonyl (C=O) groups excluding carboxylic acids is 2. The standard InChI is InChI=1S/C26H19N3O5S/c30-23(27-19-9-6-17(7-10-19)26(32)33)13-29-21-12-18(8-11-22(21)34-14-24(29)31)20-15-35-25(28-20)16-4-2-1-3-5-16/h1-12,15H,13-14H2,(H,27,30)(H,32,33). The third kappa shape index (κ3) is 4.75. The van der Waals surface area contributed by atoms with Crippen LogP contribution in [0.5, 0.6) is 5.75 Å². The molecule has 2 heterocycles. The second-order valence-corrected chi connectivity index (χ2v) is 8.64. The SMILES string of the molecule is O=C(CN1C(=O)COc2ccc(-c3csc(-c4ccccc4)n3)cc21)Nc1ccc(C(=O)O)cc1. The average Bonchev–Trinajstić information content (AvgIpc) is 3.37. The summed E-state index contributed by atoms with van der Waals surface area (Å²) >= 11 is 1.53. The fraction of sp³-hybridized carbons (Fsp3) is 0.0769. The minimum absolute atomic E-state index is 0.116. The van der Waals surface area contributed by atoms with Crippen LogP contribution in [0.3, 0.4) is 0 Å². The van der Waals surface area contributed by atoms with Crippen LogP contribution in [0.2, 0.25) is 0 Å². The van der Waals surface area contributed by atoms with Crippen molar-refractivity contribution in [3.05, 3.63) is 83.7 Å². The highest BCUT2D eigenvalue weighted by molar-refractivity contribution is 7.13. The molecule has 8 nitrogen and oxygen atoms in total. The van der Waals surface area contributed by atoms with Gasteiger partial charge in [0.1, 0.15) is 17.3 Å². The number of hydrogen-bond acceptors (Lipinski definition) is 6. The number of thiazole rings is 1. The lowest BCUT2D eigenvalue weighted by Gasteiger charge is -2.29. The fourth-order valence-electron chi connectivity index (χ4n) is 3.69. The number of benzene rings is 3. The van der Waals surface area contributed by atoms with E-state index in [1.807, 2.05) is 41.8 Å². The number of aromatic nitrogens is 1. The summed E-state index contributed by atoms with van der Waals surface area (Å²) in [7, 11) is 0. The molecule has 0 spiro atoms. The van der Waals surface area contributed by atoms with Gasteiger partial charge in [-0.1, -0.05) is 30.3 Å². The lowest BCUT2D eigenvalue weighted by molar-refractivity contribution is -0.123. The molecule has 1 aromatic heterocycles. The van der Waals surface area contributed by atoms with Crippen LogP contribution in [0.1, 0.15) is 10.4 Å². The van der Waals surface area contributed by atoms with Crippen molar-refractivity contribution >= 4 is 40.5 Å². The Balaban J connectivity index is 1.37. The minimum Gasteiger partial charge on any atom is -0.482 e. The predicted octanol–water partition coefficient (Wildman–Crippen LogP) is 4.54. The van der Waals surface area contributed by atoms with E-state index < -0.39 is 11.9 Å². The van der Waals surface area contributed by atoms with Gasteiger partial charge in [0.15, 0.2) is 6.61 Å². The van der Waals surface area contributed by atoms with Crippen molar-refractivity contribution in [2.45, 2.75) is 0 Å². The first-order chi connectivity index (χ1) is 17.0. The second kappa shape index (κ2) is 9.40. The zero-order valence-electron chi connectivity index (χ0n) is 18.3. The summed E-state index contributed by atoms with van der Waals surface area (Å²) in [6.45, 7) is -0.381. The van der Waals surface area contributed by atoms with Crippen LogP contribution in [-0.2, 0) is 9.59 Å². The molecule has 0 radical (unpaired) electrons. The summed E-state index contributed by atoms with van der Waals surface area (Å²) < 4.78 is 5.57. The van der Waals surface area contributed by atoms with Gasteiger partial charge in [0.05, 0.1) is 16.9 Å². The van der Waals surface area contributed by atoms with Crippen LogP contribution >= 0.6 is 11.3 Å². The van der Waals surface area contributed by atoms with Crippen molar-refractivity contribution in [2.75, 3.05) is 23.4 Å². The van der Waals surface area contributed by atoms with Crippen molar-refractivity contribution in [1.82, 2.24) is 4.98 Å². The number of hydrogen-bond donors (Lipinski definition) is 2. The number of anilines is 2. The number of nitrogens with zero attached hydrogens (tertiary/aromatic N) is 2. The molecule has 0 atom stereocenters. The number of rotatable bonds is 6. The Hall–Kier alpha value is -4.50. The van der Waals surface area contributed by atoms with Crippen molar-refractivity contribution in [2.24, 2.45) is 0 Å². The number of fused-ring (bicyclic) bond motifs is 1. The molecular formula is C26H19N3O5S. The van der Waals surface area contributed by atoms with Gasteiger partial charge in [0.2, 0.25) is 5.91 Å². The molecule has 0 aliphatic carbocycles. The van der Waals surface area contributed by atoms with Gasteiger partial charge in [-0.3, -0.25) is 14.5 Å². The molecule has 5 rings (SSSR count). The Kier molecular flexibility index (Phi) is 5.99. The van der Waals surface area contributed by atoms with Crippen LogP contribution in [0, 0.1) is 0 Å². The molecule has 0 saturated carbocycles. The van der Waals surface area contributed by atoms with Crippen molar-refractivity contribution < 1.29 is 24.2 Å². The molecule has 2 N–H and O–H groups in total. The molecule has 0 bridgehead atoms. The molecule has 35 heavy (non-hydrogen) atoms. The Morgan fingerprint density at radius 1 is 1.03 bits per heavy atom. The van der Waals surface area contributed by atoms with Crippen LogP contribution in [0.25, 0.3) is 21.8 Å². The predicted molar refractivity (Wildman–Crippen MR) is 133 cm³/mol. The minimum atomic E-state index is -1.05. The highest BCUT2D eigenvalue weighted by atomic mass is 32.1. The summed E-state index contributed by atoms with van der Waals surface area (Å²) in [5.41, 5.74) is 3.63. The van der Waals surface area contributed by atoms with Crippen LogP contribution < -0.4 is 15.0 Å². The maximum absolute atomic E-state index is 12.7. The van der Waals surface area contributed by atoms with Crippen molar-refractivity contribution in [3.8, 4) is 27.6 Å². The zero-order chi connectivity index (χ0) is 24.4. The lowest BCUT2D eigenvalue weighted by Crippen LogP contribution is -2.43. The molecule has 2 amide bonds. The highest BCUT2D eigenvalue weighted by Gasteiger charge is 2.28. The molecule has 9 heteroatoms. The molecule has 4 aromatic rings. The van der Waals surface area contributed by atoms with Gasteiger partial charge < -0.3 is 15.2 Å². The normalized spacial score (nSPS) is 12.6. The third-order valence-corrected chi connectivity index (χ3v) is 6.33. The van der Waals surface area contributed by atoms with Gasteiger partial charge >= 0.3 is 5.97 Å². The molecular weight excluding hydrogens is 466 g/mol. The van der Waals surface area contributed by atoms with Crippen LogP contribution in [0.15, 0.2) is 78.2 Å². The first-order valence-electron chi connectivity index (χ1n) is 10.7. The number of amides is 2. The Morgan fingerprint density at radius 2 is 1.80 bits per heavy atom. The van der Waals surface area contributed by atoms with E-state index in [2.05, 4.69) is 5.32 Å². The van der Waals surface area contributed by atoms with Gasteiger partial charge in [0.25, 0.3) is 5.91 Å². The maximum atomic E-state index is 12.7. The molecule has 0 unspecified atom stereocenters. The van der Waals surface area contributed by atoms with Gasteiger partial charge in [-0.2, -0.15) is 0 Å². The van der Waals surface area contributed by atoms with Gasteiger partial charge in [-0.05, 0) is 42.5 Å². The zero-order valence-corrected chi connectivity index (χ0v) is 19.1. The van der Waals surface area contributed by atoms with E-state index in [0.29, 0.717) is 17.1 Å². The van der Waals surface area contributed by atoms with E-state index in [9.17, 15) is 14.4 Å². The summed E-state index contributed by atoms with van der Waals surface area (Å²) in [5.74, 6) is -1.30. The van der Waals surface area contributed by atoms with E-state index in [1.165, 1.54) is 40.5 Å². The highest BCUT2D eigenvalue weighted by Crippen LogP contribution is 2.37. The van der Waals surface area contributed by atoms with Crippen LogP contribution in [-0.4, -0.2) is 41.0 Å². The Bertz CT molecular complexity index is 1420. The number of carboxylic acid groups (broad SMARTS) is 1. The van der Waals surface area contributed by atoms with Crippen molar-refractivity contribution in [1.29, 1.82) is 0 Å². The lowest BCUT2D eigenvalue weighted by atomic mass is 10.1. The topological polar surface area (TPSA) is 109 Å². The van der Waals surface area contributed by atoms with E-state index in [-0.39, 0.29) is 24.6 Å². The van der Waals surface area contributed by atoms with Gasteiger partial charge in [-0.15, -0.1) is 11.3 Å². The quantitative estimate of drug-likeness (QED) is 0.415. The number of nitrogens with one attached hydrogen (secondary N) is 1. The van der Waals surface area contributed by atoms with E-state index in [4.69, 9.17) is 14.8 Å².